The van der Waals surface area contributed by atoms with Crippen molar-refractivity contribution in [2.24, 2.45) is 16.2 Å². The van der Waals surface area contributed by atoms with Crippen molar-refractivity contribution in [1.29, 1.82) is 0 Å². The number of ether oxygens (including phenoxy) is 1. The molecule has 0 aliphatic heterocycles. The van der Waals surface area contributed by atoms with E-state index in [9.17, 15) is 4.79 Å². The fourth-order valence-electron chi connectivity index (χ4n) is 4.06. The van der Waals surface area contributed by atoms with Crippen LogP contribution in [0.1, 0.15) is 74.1 Å². The lowest BCUT2D eigenvalue weighted by Gasteiger charge is -2.57. The van der Waals surface area contributed by atoms with Crippen molar-refractivity contribution in [1.82, 2.24) is 0 Å². The SMILES string of the molecule is CC(=O)OC1CCC(C(C)(C)C)(C(C)(C)C)CC1. The van der Waals surface area contributed by atoms with Crippen LogP contribution in [0.3, 0.4) is 0 Å². The van der Waals surface area contributed by atoms with Gasteiger partial charge in [-0.25, -0.2) is 0 Å². The van der Waals surface area contributed by atoms with Crippen molar-refractivity contribution in [2.45, 2.75) is 80.3 Å². The Kier molecular flexibility index (Phi) is 4.19. The molecule has 106 valence electrons. The van der Waals surface area contributed by atoms with Gasteiger partial charge in [0.15, 0.2) is 0 Å². The van der Waals surface area contributed by atoms with E-state index in [-0.39, 0.29) is 22.9 Å². The van der Waals surface area contributed by atoms with Gasteiger partial charge in [-0.15, -0.1) is 0 Å². The largest absolute Gasteiger partial charge is 0.463 e. The summed E-state index contributed by atoms with van der Waals surface area (Å²) in [6, 6.07) is 0. The van der Waals surface area contributed by atoms with Gasteiger partial charge in [-0.3, -0.25) is 4.79 Å². The number of esters is 1. The fraction of sp³-hybridized carbons (Fsp3) is 0.938. The first kappa shape index (κ1) is 15.5. The minimum Gasteiger partial charge on any atom is -0.463 e. The van der Waals surface area contributed by atoms with Crippen molar-refractivity contribution in [3.05, 3.63) is 0 Å². The highest BCUT2D eigenvalue weighted by Crippen LogP contribution is 2.59. The maximum atomic E-state index is 11.0. The van der Waals surface area contributed by atoms with Crippen LogP contribution in [0.5, 0.6) is 0 Å². The number of hydrogen-bond donors (Lipinski definition) is 0. The molecule has 1 aliphatic carbocycles. The summed E-state index contributed by atoms with van der Waals surface area (Å²) in [6.45, 7) is 15.6. The molecule has 0 atom stereocenters. The van der Waals surface area contributed by atoms with Gasteiger partial charge in [0.1, 0.15) is 6.10 Å². The molecule has 0 saturated heterocycles. The lowest BCUT2D eigenvalue weighted by molar-refractivity contribution is -0.153. The summed E-state index contributed by atoms with van der Waals surface area (Å²) < 4.78 is 5.37. The van der Waals surface area contributed by atoms with Crippen molar-refractivity contribution in [3.63, 3.8) is 0 Å². The molecule has 1 rings (SSSR count). The molecule has 0 spiro atoms. The molecule has 0 N–H and O–H groups in total. The average Bonchev–Trinajstić information content (AvgIpc) is 2.13. The van der Waals surface area contributed by atoms with Gasteiger partial charge in [-0.2, -0.15) is 0 Å². The van der Waals surface area contributed by atoms with Gasteiger partial charge in [0.05, 0.1) is 0 Å². The van der Waals surface area contributed by atoms with Gasteiger partial charge in [0.2, 0.25) is 0 Å². The Morgan fingerprint density at radius 3 is 1.67 bits per heavy atom. The summed E-state index contributed by atoms with van der Waals surface area (Å²) in [6.07, 6.45) is 4.46. The minimum absolute atomic E-state index is 0.139. The molecule has 0 aromatic heterocycles. The Labute approximate surface area is 112 Å². The number of carbonyl (C=O) groups is 1. The third-order valence-electron chi connectivity index (χ3n) is 4.99. The highest BCUT2D eigenvalue weighted by Gasteiger charge is 2.51. The summed E-state index contributed by atoms with van der Waals surface area (Å²) in [5, 5.41) is 0. The number of rotatable bonds is 1. The van der Waals surface area contributed by atoms with Crippen LogP contribution in [0.4, 0.5) is 0 Å². The molecule has 0 aromatic rings. The van der Waals surface area contributed by atoms with Crippen molar-refractivity contribution in [3.8, 4) is 0 Å². The Bertz CT molecular complexity index is 280. The first-order chi connectivity index (χ1) is 7.99. The lowest BCUT2D eigenvalue weighted by atomic mass is 9.49. The quantitative estimate of drug-likeness (QED) is 0.641. The van der Waals surface area contributed by atoms with Crippen LogP contribution in [-0.2, 0) is 9.53 Å². The van der Waals surface area contributed by atoms with E-state index in [1.54, 1.807) is 0 Å². The van der Waals surface area contributed by atoms with E-state index in [2.05, 4.69) is 41.5 Å². The van der Waals surface area contributed by atoms with E-state index in [4.69, 9.17) is 4.74 Å². The number of hydrogen-bond acceptors (Lipinski definition) is 2. The van der Waals surface area contributed by atoms with Crippen LogP contribution in [0.2, 0.25) is 0 Å². The highest BCUT2D eigenvalue weighted by molar-refractivity contribution is 5.66. The fourth-order valence-corrected chi connectivity index (χ4v) is 4.06. The molecule has 2 heteroatoms. The Morgan fingerprint density at radius 1 is 1.00 bits per heavy atom. The molecule has 0 amide bonds. The van der Waals surface area contributed by atoms with Crippen LogP contribution < -0.4 is 0 Å². The first-order valence-corrected chi connectivity index (χ1v) is 7.17. The first-order valence-electron chi connectivity index (χ1n) is 7.17. The molecule has 0 unspecified atom stereocenters. The predicted octanol–water partition coefficient (Wildman–Crippen LogP) is 4.57. The number of carbonyl (C=O) groups excluding carboxylic acids is 1. The molecule has 1 fully saturated rings. The molecule has 1 aliphatic rings. The molecule has 2 nitrogen and oxygen atoms in total. The van der Waals surface area contributed by atoms with Gasteiger partial charge in [0, 0.05) is 6.92 Å². The molecule has 0 bridgehead atoms. The van der Waals surface area contributed by atoms with Gasteiger partial charge >= 0.3 is 5.97 Å². The van der Waals surface area contributed by atoms with Crippen LogP contribution in [0, 0.1) is 16.2 Å². The maximum absolute atomic E-state index is 11.0. The standard InChI is InChI=1S/C16H30O2/c1-12(17)18-13-8-10-16(11-9-13,14(2,3)4)15(5,6)7/h13H,8-11H2,1-7H3. The maximum Gasteiger partial charge on any atom is 0.302 e. The summed E-state index contributed by atoms with van der Waals surface area (Å²) in [7, 11) is 0. The monoisotopic (exact) mass is 254 g/mol. The summed E-state index contributed by atoms with van der Waals surface area (Å²) in [5.74, 6) is -0.140. The summed E-state index contributed by atoms with van der Waals surface area (Å²) in [4.78, 5) is 11.0. The second-order valence-electron chi connectivity index (χ2n) is 7.89. The molecule has 0 heterocycles. The van der Waals surface area contributed by atoms with Gasteiger partial charge in [0.25, 0.3) is 0 Å². The Morgan fingerprint density at radius 2 is 1.39 bits per heavy atom. The van der Waals surface area contributed by atoms with E-state index in [1.165, 1.54) is 6.92 Å². The van der Waals surface area contributed by atoms with Gasteiger partial charge in [-0.05, 0) is 41.9 Å². The highest BCUT2D eigenvalue weighted by atomic mass is 16.5. The van der Waals surface area contributed by atoms with E-state index in [0.29, 0.717) is 5.41 Å². The smallest absolute Gasteiger partial charge is 0.302 e. The Balaban J connectivity index is 2.85. The van der Waals surface area contributed by atoms with E-state index in [0.717, 1.165) is 25.7 Å². The predicted molar refractivity (Wildman–Crippen MR) is 75.4 cm³/mol. The molecular weight excluding hydrogens is 224 g/mol. The molecule has 1 saturated carbocycles. The minimum atomic E-state index is -0.140. The second-order valence-corrected chi connectivity index (χ2v) is 7.89. The molecule has 0 radical (unpaired) electrons. The van der Waals surface area contributed by atoms with Crippen LogP contribution in [0.25, 0.3) is 0 Å². The topological polar surface area (TPSA) is 26.3 Å². The summed E-state index contributed by atoms with van der Waals surface area (Å²) in [5.41, 5.74) is 0.898. The van der Waals surface area contributed by atoms with E-state index < -0.39 is 0 Å². The zero-order valence-corrected chi connectivity index (χ0v) is 13.2. The second kappa shape index (κ2) is 4.86. The third kappa shape index (κ3) is 2.89. The van der Waals surface area contributed by atoms with Gasteiger partial charge < -0.3 is 4.74 Å². The normalized spacial score (nSPS) is 21.7. The van der Waals surface area contributed by atoms with Crippen molar-refractivity contribution < 1.29 is 9.53 Å². The van der Waals surface area contributed by atoms with Gasteiger partial charge in [-0.1, -0.05) is 41.5 Å². The molecule has 0 aromatic carbocycles. The Hall–Kier alpha value is -0.530. The van der Waals surface area contributed by atoms with E-state index >= 15 is 0 Å². The summed E-state index contributed by atoms with van der Waals surface area (Å²) >= 11 is 0. The van der Waals surface area contributed by atoms with E-state index in [1.807, 2.05) is 0 Å². The van der Waals surface area contributed by atoms with Crippen molar-refractivity contribution >= 4 is 5.97 Å². The van der Waals surface area contributed by atoms with Crippen LogP contribution >= 0.6 is 0 Å². The zero-order chi connectivity index (χ0) is 14.2. The van der Waals surface area contributed by atoms with Crippen LogP contribution in [0.15, 0.2) is 0 Å². The third-order valence-corrected chi connectivity index (χ3v) is 4.99. The molecule has 18 heavy (non-hydrogen) atoms. The average molecular weight is 254 g/mol. The lowest BCUT2D eigenvalue weighted by Crippen LogP contribution is -2.49. The van der Waals surface area contributed by atoms with Crippen molar-refractivity contribution in [2.75, 3.05) is 0 Å². The zero-order valence-electron chi connectivity index (χ0n) is 13.2. The van der Waals surface area contributed by atoms with Crippen LogP contribution in [-0.4, -0.2) is 12.1 Å². The molecular formula is C16H30O2.